The Kier molecular flexibility index (Phi) is 6.65. The predicted octanol–water partition coefficient (Wildman–Crippen LogP) is 11.0. The minimum absolute atomic E-state index is 0.178. The highest BCUT2D eigenvalue weighted by molar-refractivity contribution is 5.31. The van der Waals surface area contributed by atoms with E-state index in [1.54, 1.807) is 0 Å². The van der Waals surface area contributed by atoms with Crippen molar-refractivity contribution in [2.24, 2.45) is 60.6 Å². The zero-order valence-electron chi connectivity index (χ0n) is 26.5. The molecule has 0 spiro atoms. The van der Waals surface area contributed by atoms with Gasteiger partial charge in [-0.2, -0.15) is 0 Å². The second-order valence-corrected chi connectivity index (χ2v) is 16.6. The molecular formula is C33H64. The van der Waals surface area contributed by atoms with Crippen LogP contribution in [0.1, 0.15) is 150 Å². The van der Waals surface area contributed by atoms with Gasteiger partial charge in [0, 0.05) is 0 Å². The van der Waals surface area contributed by atoms with Crippen LogP contribution >= 0.6 is 0 Å². The molecule has 2 fully saturated rings. The third-order valence-electron chi connectivity index (χ3n) is 16.0. The van der Waals surface area contributed by atoms with Gasteiger partial charge in [0.15, 0.2) is 0 Å². The van der Waals surface area contributed by atoms with Gasteiger partial charge in [-0.15, -0.1) is 0 Å². The zero-order chi connectivity index (χ0) is 26.5. The normalized spacial score (nSPS) is 44.3. The molecule has 0 bridgehead atoms. The van der Waals surface area contributed by atoms with Crippen LogP contribution in [0.3, 0.4) is 0 Å². The Bertz CT molecular complexity index is 750. The van der Waals surface area contributed by atoms with Crippen LogP contribution in [0.15, 0.2) is 0 Å². The van der Waals surface area contributed by atoms with Crippen molar-refractivity contribution in [1.82, 2.24) is 0 Å². The molecule has 2 saturated carbocycles. The van der Waals surface area contributed by atoms with Gasteiger partial charge in [-0.3, -0.25) is 0 Å². The van der Waals surface area contributed by atoms with Gasteiger partial charge < -0.3 is 0 Å². The summed E-state index contributed by atoms with van der Waals surface area (Å²) >= 11 is 0. The fourth-order valence-electron chi connectivity index (χ4n) is 10.8. The van der Waals surface area contributed by atoms with Crippen molar-refractivity contribution in [1.29, 1.82) is 0 Å². The Hall–Kier alpha value is 0. The van der Waals surface area contributed by atoms with Crippen molar-refractivity contribution in [3.8, 4) is 0 Å². The molecule has 0 heteroatoms. The molecule has 0 aromatic rings. The molecule has 33 heavy (non-hydrogen) atoms. The molecular weight excluding hydrogens is 396 g/mol. The van der Waals surface area contributed by atoms with Gasteiger partial charge >= 0.3 is 0 Å². The van der Waals surface area contributed by atoms with E-state index in [1.807, 2.05) is 0 Å². The lowest BCUT2D eigenvalue weighted by atomic mass is 9.17. The van der Waals surface area contributed by atoms with Crippen molar-refractivity contribution >= 4 is 0 Å². The van der Waals surface area contributed by atoms with Crippen LogP contribution in [0.2, 0.25) is 0 Å². The Labute approximate surface area is 210 Å². The highest BCUT2D eigenvalue weighted by Gasteiger charge is 2.84. The lowest BCUT2D eigenvalue weighted by Gasteiger charge is -2.87. The molecule has 0 aliphatic heterocycles. The van der Waals surface area contributed by atoms with Gasteiger partial charge in [0.05, 0.1) is 0 Å². The second kappa shape index (κ2) is 7.51. The fraction of sp³-hybridized carbons (Fsp3) is 1.00. The van der Waals surface area contributed by atoms with Crippen LogP contribution in [-0.2, 0) is 0 Å². The average molecular weight is 461 g/mol. The van der Waals surface area contributed by atoms with Gasteiger partial charge in [0.1, 0.15) is 0 Å². The standard InChI is InChI=1S/C33H64/c1-19-29(14)22-30(15,24(5)21-25(29,6)7)32(17,26(8,9)23(3)4)33(18)28(12,13)27(10,11)31(33,16)20-2/h23-24H,19-22H2,1-18H3. The molecule has 6 unspecified atom stereocenters. The van der Waals surface area contributed by atoms with E-state index < -0.39 is 0 Å². The molecule has 0 saturated heterocycles. The molecule has 2 aliphatic rings. The summed E-state index contributed by atoms with van der Waals surface area (Å²) in [5.74, 6) is 1.33. The van der Waals surface area contributed by atoms with Gasteiger partial charge in [0.2, 0.25) is 0 Å². The first kappa shape index (κ1) is 29.2. The van der Waals surface area contributed by atoms with Crippen molar-refractivity contribution in [3.63, 3.8) is 0 Å². The average Bonchev–Trinajstić information content (AvgIpc) is 2.68. The molecule has 2 aliphatic carbocycles. The monoisotopic (exact) mass is 461 g/mol. The third kappa shape index (κ3) is 2.82. The number of rotatable bonds is 6. The smallest absolute Gasteiger partial charge is 0.0146 e. The summed E-state index contributed by atoms with van der Waals surface area (Å²) < 4.78 is 0. The van der Waals surface area contributed by atoms with Crippen LogP contribution in [0, 0.1) is 60.6 Å². The van der Waals surface area contributed by atoms with Crippen LogP contribution in [0.25, 0.3) is 0 Å². The van der Waals surface area contributed by atoms with Gasteiger partial charge in [0.25, 0.3) is 0 Å². The summed E-state index contributed by atoms with van der Waals surface area (Å²) in [6, 6.07) is 0. The van der Waals surface area contributed by atoms with E-state index in [1.165, 1.54) is 25.7 Å². The van der Waals surface area contributed by atoms with Crippen LogP contribution < -0.4 is 0 Å². The SMILES string of the molecule is CCC1(C)CC(C)(C(C)(C(C)(C)C(C)C)C2(C)C(C)(C)C(C)(C)C2(C)CC)C(C)CC1(C)C. The molecule has 2 rings (SSSR count). The van der Waals surface area contributed by atoms with Crippen LogP contribution in [0.5, 0.6) is 0 Å². The maximum Gasteiger partial charge on any atom is -0.0146 e. The lowest BCUT2D eigenvalue weighted by Crippen LogP contribution is -2.82. The van der Waals surface area contributed by atoms with Crippen molar-refractivity contribution in [3.05, 3.63) is 0 Å². The van der Waals surface area contributed by atoms with Crippen molar-refractivity contribution < 1.29 is 0 Å². The molecule has 0 aromatic carbocycles. The van der Waals surface area contributed by atoms with E-state index >= 15 is 0 Å². The van der Waals surface area contributed by atoms with E-state index in [9.17, 15) is 0 Å². The Balaban J connectivity index is 3.00. The first-order chi connectivity index (χ1) is 14.4. The minimum atomic E-state index is 0.178. The third-order valence-corrected chi connectivity index (χ3v) is 16.0. The molecule has 6 atom stereocenters. The first-order valence-corrected chi connectivity index (χ1v) is 14.4. The van der Waals surface area contributed by atoms with E-state index in [2.05, 4.69) is 125 Å². The van der Waals surface area contributed by atoms with E-state index in [0.29, 0.717) is 33.5 Å². The number of hydrogen-bond donors (Lipinski definition) is 0. The maximum absolute atomic E-state index is 2.78. The first-order valence-electron chi connectivity index (χ1n) is 14.4. The Morgan fingerprint density at radius 3 is 1.58 bits per heavy atom. The second-order valence-electron chi connectivity index (χ2n) is 16.6. The van der Waals surface area contributed by atoms with E-state index in [-0.39, 0.29) is 27.1 Å². The van der Waals surface area contributed by atoms with Gasteiger partial charge in [-0.25, -0.2) is 0 Å². The van der Waals surface area contributed by atoms with Crippen LogP contribution in [-0.4, -0.2) is 0 Å². The molecule has 0 radical (unpaired) electrons. The Morgan fingerprint density at radius 1 is 0.758 bits per heavy atom. The molecule has 0 aromatic heterocycles. The molecule has 0 amide bonds. The summed E-state index contributed by atoms with van der Waals surface area (Å²) in [6.45, 7) is 46.9. The topological polar surface area (TPSA) is 0 Å². The summed E-state index contributed by atoms with van der Waals surface area (Å²) in [5.41, 5.74) is 2.48. The quantitative estimate of drug-likeness (QED) is 0.369. The van der Waals surface area contributed by atoms with Crippen molar-refractivity contribution in [2.75, 3.05) is 0 Å². The molecule has 196 valence electrons. The van der Waals surface area contributed by atoms with Gasteiger partial charge in [-0.05, 0) is 79.8 Å². The highest BCUT2D eigenvalue weighted by atomic mass is 14.9. The predicted molar refractivity (Wildman–Crippen MR) is 149 cm³/mol. The summed E-state index contributed by atoms with van der Waals surface area (Å²) in [5, 5.41) is 0. The van der Waals surface area contributed by atoms with Crippen molar-refractivity contribution in [2.45, 2.75) is 150 Å². The lowest BCUT2D eigenvalue weighted by molar-refractivity contribution is -0.400. The molecule has 0 N–H and O–H groups in total. The molecule has 0 nitrogen and oxygen atoms in total. The largest absolute Gasteiger partial charge is 0.0648 e. The summed E-state index contributed by atoms with van der Waals surface area (Å²) in [4.78, 5) is 0. The maximum atomic E-state index is 2.78. The van der Waals surface area contributed by atoms with Gasteiger partial charge in [-0.1, -0.05) is 131 Å². The Morgan fingerprint density at radius 2 is 1.21 bits per heavy atom. The zero-order valence-corrected chi connectivity index (χ0v) is 26.5. The minimum Gasteiger partial charge on any atom is -0.0648 e. The van der Waals surface area contributed by atoms with E-state index in [4.69, 9.17) is 0 Å². The number of hydrogen-bond acceptors (Lipinski definition) is 0. The summed E-state index contributed by atoms with van der Waals surface area (Å²) in [6.07, 6.45) is 5.20. The van der Waals surface area contributed by atoms with E-state index in [0.717, 1.165) is 0 Å². The summed E-state index contributed by atoms with van der Waals surface area (Å²) in [7, 11) is 0. The van der Waals surface area contributed by atoms with Crippen LogP contribution in [0.4, 0.5) is 0 Å². The highest BCUT2D eigenvalue weighted by Crippen LogP contribution is 2.89. The molecule has 0 heterocycles. The fourth-order valence-corrected chi connectivity index (χ4v) is 10.8.